The fourth-order valence-electron chi connectivity index (χ4n) is 8.80. The lowest BCUT2D eigenvalue weighted by molar-refractivity contribution is -0.149. The minimum atomic E-state index is -3.11. The third kappa shape index (κ3) is 5.16. The van der Waals surface area contributed by atoms with Crippen molar-refractivity contribution >= 4 is 29.8 Å². The number of hydrogen-bond acceptors (Lipinski definition) is 5. The molecule has 45 heavy (non-hydrogen) atoms. The third-order valence-corrected chi connectivity index (χ3v) is 11.1. The van der Waals surface area contributed by atoms with Gasteiger partial charge in [-0.2, -0.15) is 5.26 Å². The second-order valence-electron chi connectivity index (χ2n) is 15.1. The molecule has 10 atom stereocenters. The Morgan fingerprint density at radius 2 is 1.80 bits per heavy atom. The number of alkyl halides is 3. The Balaban J connectivity index is 1.33. The Kier molecular flexibility index (Phi) is 7.48. The zero-order valence-electron chi connectivity index (χ0n) is 25.9. The van der Waals surface area contributed by atoms with E-state index >= 15 is 4.39 Å². The molecule has 10 unspecified atom stereocenters. The number of nitrogens with zero attached hydrogens (tertiary/aromatic N) is 3. The molecule has 1 aromatic rings. The van der Waals surface area contributed by atoms with E-state index in [-0.39, 0.29) is 31.3 Å². The van der Waals surface area contributed by atoms with E-state index in [1.807, 2.05) is 19.1 Å². The summed E-state index contributed by atoms with van der Waals surface area (Å²) in [6.45, 7) is 7.42. The number of halogens is 3. The van der Waals surface area contributed by atoms with Gasteiger partial charge in [-0.25, -0.2) is 13.2 Å². The molecule has 1 aromatic carbocycles. The van der Waals surface area contributed by atoms with E-state index in [2.05, 4.69) is 16.7 Å². The molecule has 2 bridgehead atoms. The molecule has 5 fully saturated rings. The molecule has 2 heterocycles. The van der Waals surface area contributed by atoms with Gasteiger partial charge in [0.15, 0.2) is 0 Å². The van der Waals surface area contributed by atoms with Gasteiger partial charge in [-0.3, -0.25) is 19.2 Å². The number of hydrogen-bond donors (Lipinski definition) is 2. The molecule has 0 radical (unpaired) electrons. The lowest BCUT2D eigenvalue weighted by Gasteiger charge is -2.39. The SMILES string of the molecule is CC1(c2ccccc2NC=O)CC(C#N)N(C(=O)C2C3C4CC(CC4F)C3CN2C(=O)C(NC(=O)C2CC2(F)F)C(C)(C)C)C1. The Morgan fingerprint density at radius 3 is 2.42 bits per heavy atom. The summed E-state index contributed by atoms with van der Waals surface area (Å²) in [7, 11) is 0. The number of nitriles is 1. The maximum Gasteiger partial charge on any atom is 0.260 e. The number of carbonyl (C=O) groups is 4. The minimum Gasteiger partial charge on any atom is -0.343 e. The highest BCUT2D eigenvalue weighted by molar-refractivity contribution is 5.95. The van der Waals surface area contributed by atoms with Gasteiger partial charge in [0.25, 0.3) is 5.92 Å². The summed E-state index contributed by atoms with van der Waals surface area (Å²) in [5, 5.41) is 15.5. The first-order chi connectivity index (χ1) is 21.1. The highest BCUT2D eigenvalue weighted by atomic mass is 19.3. The van der Waals surface area contributed by atoms with Crippen molar-refractivity contribution in [3.05, 3.63) is 29.8 Å². The van der Waals surface area contributed by atoms with Crippen molar-refractivity contribution in [3.8, 4) is 6.07 Å². The van der Waals surface area contributed by atoms with Crippen LogP contribution in [-0.2, 0) is 24.6 Å². The van der Waals surface area contributed by atoms with E-state index in [4.69, 9.17) is 0 Å². The highest BCUT2D eigenvalue weighted by Crippen LogP contribution is 2.59. The van der Waals surface area contributed by atoms with Crippen molar-refractivity contribution in [3.63, 3.8) is 0 Å². The molecule has 242 valence electrons. The number of carbonyl (C=O) groups excluding carboxylic acids is 4. The van der Waals surface area contributed by atoms with Crippen LogP contribution in [0.3, 0.4) is 0 Å². The largest absolute Gasteiger partial charge is 0.343 e. The average molecular weight is 628 g/mol. The number of para-hydroxylation sites is 1. The Labute approximate surface area is 260 Å². The number of rotatable bonds is 7. The van der Waals surface area contributed by atoms with Crippen LogP contribution in [0.1, 0.15) is 58.9 Å². The van der Waals surface area contributed by atoms with Crippen molar-refractivity contribution in [1.82, 2.24) is 15.1 Å². The predicted octanol–water partition coefficient (Wildman–Crippen LogP) is 3.64. The fourth-order valence-corrected chi connectivity index (χ4v) is 8.80. The van der Waals surface area contributed by atoms with Crippen LogP contribution < -0.4 is 10.6 Å². The third-order valence-electron chi connectivity index (χ3n) is 11.1. The van der Waals surface area contributed by atoms with Crippen molar-refractivity contribution in [1.29, 1.82) is 5.26 Å². The minimum absolute atomic E-state index is 0.00725. The topological polar surface area (TPSA) is 123 Å². The zero-order valence-corrected chi connectivity index (χ0v) is 25.9. The number of likely N-dealkylation sites (tertiary alicyclic amines) is 2. The van der Waals surface area contributed by atoms with E-state index in [0.29, 0.717) is 24.9 Å². The molecule has 0 spiro atoms. The molecule has 2 N–H and O–H groups in total. The first-order valence-electron chi connectivity index (χ1n) is 15.7. The first kappa shape index (κ1) is 31.4. The molecular weight excluding hydrogens is 587 g/mol. The molecule has 0 aromatic heterocycles. The number of amides is 4. The fraction of sp³-hybridized carbons (Fsp3) is 0.667. The summed E-state index contributed by atoms with van der Waals surface area (Å²) in [4.78, 5) is 56.1. The molecule has 3 aliphatic carbocycles. The molecule has 2 saturated heterocycles. The van der Waals surface area contributed by atoms with Crippen molar-refractivity contribution in [2.45, 2.75) is 89.0 Å². The van der Waals surface area contributed by atoms with Crippen LogP contribution in [0.25, 0.3) is 0 Å². The molecule has 4 amide bonds. The molecule has 12 heteroatoms. The van der Waals surface area contributed by atoms with Crippen molar-refractivity contribution in [2.24, 2.45) is 35.0 Å². The summed E-state index contributed by atoms with van der Waals surface area (Å²) >= 11 is 0. The smallest absolute Gasteiger partial charge is 0.260 e. The molecule has 5 aliphatic rings. The predicted molar refractivity (Wildman–Crippen MR) is 157 cm³/mol. The van der Waals surface area contributed by atoms with Gasteiger partial charge in [0.05, 0.1) is 6.07 Å². The van der Waals surface area contributed by atoms with Gasteiger partial charge in [0.2, 0.25) is 24.1 Å². The van der Waals surface area contributed by atoms with Crippen molar-refractivity contribution < 1.29 is 32.3 Å². The first-order valence-corrected chi connectivity index (χ1v) is 15.7. The quantitative estimate of drug-likeness (QED) is 0.447. The van der Waals surface area contributed by atoms with Crippen molar-refractivity contribution in [2.75, 3.05) is 18.4 Å². The molecule has 3 saturated carbocycles. The molecule has 2 aliphatic heterocycles. The standard InChI is InChI=1S/C33H40F3N5O4/c1-31(2,3)27(39-28(43)22-12-33(22,35)36)30(45)40-14-20-17-9-19(23(34)10-17)25(20)26(40)29(44)41-15-32(4,11-18(41)13-37)21-7-5-6-8-24(21)38-16-42/h5-8,16-20,22-23,25-27H,9-12,14-15H2,1-4H3,(H,38,42)(H,39,43). The summed E-state index contributed by atoms with van der Waals surface area (Å²) in [6, 6.07) is 6.36. The lowest BCUT2D eigenvalue weighted by atomic mass is 9.77. The van der Waals surface area contributed by atoms with Crippen LogP contribution in [0.2, 0.25) is 0 Å². The number of benzene rings is 1. The van der Waals surface area contributed by atoms with Gasteiger partial charge in [-0.15, -0.1) is 0 Å². The van der Waals surface area contributed by atoms with Crippen LogP contribution in [0, 0.1) is 46.3 Å². The van der Waals surface area contributed by atoms with E-state index in [9.17, 15) is 33.2 Å². The normalized spacial score (nSPS) is 36.7. The second kappa shape index (κ2) is 10.7. The molecular formula is C33H40F3N5O4. The summed E-state index contributed by atoms with van der Waals surface area (Å²) < 4.78 is 42.8. The van der Waals surface area contributed by atoms with Crippen LogP contribution in [0.15, 0.2) is 24.3 Å². The Hall–Kier alpha value is -3.62. The average Bonchev–Trinajstić information content (AvgIpc) is 3.41. The monoisotopic (exact) mass is 627 g/mol. The van der Waals surface area contributed by atoms with Gasteiger partial charge >= 0.3 is 0 Å². The van der Waals surface area contributed by atoms with E-state index in [0.717, 1.165) is 5.56 Å². The molecule has 6 rings (SSSR count). The van der Waals surface area contributed by atoms with Gasteiger partial charge in [0.1, 0.15) is 30.2 Å². The van der Waals surface area contributed by atoms with Gasteiger partial charge < -0.3 is 20.4 Å². The van der Waals surface area contributed by atoms with Gasteiger partial charge in [-0.1, -0.05) is 45.9 Å². The molecule has 9 nitrogen and oxygen atoms in total. The number of fused-ring (bicyclic) bond motifs is 5. The van der Waals surface area contributed by atoms with Crippen LogP contribution in [0.4, 0.5) is 18.9 Å². The Morgan fingerprint density at radius 1 is 1.11 bits per heavy atom. The number of anilines is 1. The van der Waals surface area contributed by atoms with E-state index < -0.39 is 82.9 Å². The van der Waals surface area contributed by atoms with E-state index in [1.165, 1.54) is 9.80 Å². The maximum atomic E-state index is 15.2. The van der Waals surface area contributed by atoms with Crippen LogP contribution in [-0.4, -0.2) is 77.2 Å². The number of nitrogens with one attached hydrogen (secondary N) is 2. The summed E-state index contributed by atoms with van der Waals surface area (Å²) in [5.41, 5.74) is -0.247. The van der Waals surface area contributed by atoms with Crippen LogP contribution in [0.5, 0.6) is 0 Å². The zero-order chi connectivity index (χ0) is 32.6. The Bertz CT molecular complexity index is 1460. The summed E-state index contributed by atoms with van der Waals surface area (Å²) in [5.74, 6) is -7.48. The van der Waals surface area contributed by atoms with E-state index in [1.54, 1.807) is 32.9 Å². The highest BCUT2D eigenvalue weighted by Gasteiger charge is 2.65. The maximum absolute atomic E-state index is 15.2. The lowest BCUT2D eigenvalue weighted by Crippen LogP contribution is -2.60. The second-order valence-corrected chi connectivity index (χ2v) is 15.1. The van der Waals surface area contributed by atoms with Gasteiger partial charge in [-0.05, 0) is 60.0 Å². The van der Waals surface area contributed by atoms with Crippen LogP contribution >= 0.6 is 0 Å². The summed E-state index contributed by atoms with van der Waals surface area (Å²) in [6.07, 6.45) is 0.177. The van der Waals surface area contributed by atoms with Gasteiger partial charge in [0, 0.05) is 30.6 Å².